The van der Waals surface area contributed by atoms with E-state index in [-0.39, 0.29) is 12.4 Å². The molecule has 2 rings (SSSR count). The van der Waals surface area contributed by atoms with Crippen molar-refractivity contribution < 1.29 is 13.9 Å². The third kappa shape index (κ3) is 3.38. The molecule has 0 aliphatic rings. The van der Waals surface area contributed by atoms with Gasteiger partial charge in [-0.2, -0.15) is 0 Å². The Hall–Kier alpha value is -1.75. The van der Waals surface area contributed by atoms with Gasteiger partial charge in [0.15, 0.2) is 0 Å². The summed E-state index contributed by atoms with van der Waals surface area (Å²) in [7, 11) is 1.60. The van der Waals surface area contributed by atoms with Gasteiger partial charge in [0, 0.05) is 11.3 Å². The van der Waals surface area contributed by atoms with Gasteiger partial charge in [-0.1, -0.05) is 6.07 Å². The van der Waals surface area contributed by atoms with Crippen LogP contribution in [0.3, 0.4) is 0 Å². The number of ether oxygens (including phenoxy) is 2. The fourth-order valence-corrected chi connectivity index (χ4v) is 2.05. The van der Waals surface area contributed by atoms with Crippen molar-refractivity contribution in [3.05, 3.63) is 52.3 Å². The minimum atomic E-state index is -0.355. The van der Waals surface area contributed by atoms with Crippen LogP contribution in [-0.4, -0.2) is 7.11 Å². The van der Waals surface area contributed by atoms with E-state index in [9.17, 15) is 4.39 Å². The summed E-state index contributed by atoms with van der Waals surface area (Å²) in [6, 6.07) is 9.65. The van der Waals surface area contributed by atoms with E-state index in [1.54, 1.807) is 25.3 Å². The first-order chi connectivity index (χ1) is 9.10. The molecule has 3 nitrogen and oxygen atoms in total. The van der Waals surface area contributed by atoms with Crippen LogP contribution in [0, 0.1) is 5.82 Å². The van der Waals surface area contributed by atoms with E-state index >= 15 is 0 Å². The van der Waals surface area contributed by atoms with Gasteiger partial charge in [-0.15, -0.1) is 0 Å². The van der Waals surface area contributed by atoms with Crippen molar-refractivity contribution in [3.63, 3.8) is 0 Å². The zero-order valence-electron chi connectivity index (χ0n) is 10.3. The number of hydrogen-bond acceptors (Lipinski definition) is 3. The van der Waals surface area contributed by atoms with Gasteiger partial charge >= 0.3 is 0 Å². The lowest BCUT2D eigenvalue weighted by Gasteiger charge is -2.11. The minimum Gasteiger partial charge on any atom is -0.497 e. The molecule has 0 unspecified atom stereocenters. The van der Waals surface area contributed by atoms with Gasteiger partial charge in [-0.05, 0) is 46.3 Å². The monoisotopic (exact) mass is 325 g/mol. The van der Waals surface area contributed by atoms with Crippen LogP contribution in [0.15, 0.2) is 40.9 Å². The number of nitrogen functional groups attached to an aromatic ring is 1. The van der Waals surface area contributed by atoms with Crippen molar-refractivity contribution in [2.45, 2.75) is 6.61 Å². The fraction of sp³-hybridized carbons (Fsp3) is 0.143. The number of halogens is 2. The third-order valence-electron chi connectivity index (χ3n) is 2.63. The normalized spacial score (nSPS) is 10.3. The Morgan fingerprint density at radius 2 is 2.00 bits per heavy atom. The topological polar surface area (TPSA) is 44.5 Å². The van der Waals surface area contributed by atoms with Crippen LogP contribution in [0.1, 0.15) is 5.56 Å². The summed E-state index contributed by atoms with van der Waals surface area (Å²) in [6.07, 6.45) is 0. The molecule has 0 radical (unpaired) electrons. The Balaban J connectivity index is 2.10. The second-order valence-electron chi connectivity index (χ2n) is 3.93. The molecule has 19 heavy (non-hydrogen) atoms. The number of benzene rings is 2. The highest BCUT2D eigenvalue weighted by Crippen LogP contribution is 2.30. The SMILES string of the molecule is COc1ccc(OCc2ccc(F)cc2N)c(Br)c1. The zero-order valence-corrected chi connectivity index (χ0v) is 11.9. The molecule has 0 aliphatic heterocycles. The molecule has 2 aromatic rings. The van der Waals surface area contributed by atoms with Crippen LogP contribution in [0.4, 0.5) is 10.1 Å². The Labute approximate surface area is 119 Å². The molecule has 0 aliphatic carbocycles. The second-order valence-corrected chi connectivity index (χ2v) is 4.78. The largest absolute Gasteiger partial charge is 0.497 e. The maximum Gasteiger partial charge on any atom is 0.134 e. The predicted octanol–water partition coefficient (Wildman–Crippen LogP) is 3.76. The Morgan fingerprint density at radius 1 is 1.21 bits per heavy atom. The first-order valence-electron chi connectivity index (χ1n) is 5.60. The molecular formula is C14H13BrFNO2. The maximum absolute atomic E-state index is 12.9. The maximum atomic E-state index is 12.9. The highest BCUT2D eigenvalue weighted by atomic mass is 79.9. The molecule has 100 valence electrons. The van der Waals surface area contributed by atoms with Crippen molar-refractivity contribution in [2.75, 3.05) is 12.8 Å². The molecule has 0 bridgehead atoms. The smallest absolute Gasteiger partial charge is 0.134 e. The Bertz CT molecular complexity index is 590. The molecule has 0 saturated heterocycles. The Morgan fingerprint density at radius 3 is 2.63 bits per heavy atom. The van der Waals surface area contributed by atoms with Gasteiger partial charge in [0.1, 0.15) is 23.9 Å². The number of rotatable bonds is 4. The van der Waals surface area contributed by atoms with Gasteiger partial charge in [-0.25, -0.2) is 4.39 Å². The van der Waals surface area contributed by atoms with Crippen molar-refractivity contribution in [2.24, 2.45) is 0 Å². The number of hydrogen-bond donors (Lipinski definition) is 1. The summed E-state index contributed by atoms with van der Waals surface area (Å²) in [5.41, 5.74) is 6.84. The summed E-state index contributed by atoms with van der Waals surface area (Å²) in [6.45, 7) is 0.275. The highest BCUT2D eigenvalue weighted by molar-refractivity contribution is 9.10. The van der Waals surface area contributed by atoms with E-state index in [1.807, 2.05) is 6.07 Å². The summed E-state index contributed by atoms with van der Waals surface area (Å²) in [5, 5.41) is 0. The molecule has 0 heterocycles. The lowest BCUT2D eigenvalue weighted by atomic mass is 10.2. The molecule has 0 spiro atoms. The van der Waals surface area contributed by atoms with Gasteiger partial charge in [0.25, 0.3) is 0 Å². The first-order valence-corrected chi connectivity index (χ1v) is 6.39. The van der Waals surface area contributed by atoms with Crippen LogP contribution in [0.25, 0.3) is 0 Å². The van der Waals surface area contributed by atoms with E-state index in [0.29, 0.717) is 11.4 Å². The average Bonchev–Trinajstić information content (AvgIpc) is 2.39. The second kappa shape index (κ2) is 5.93. The number of methoxy groups -OCH3 is 1. The van der Waals surface area contributed by atoms with E-state index in [0.717, 1.165) is 15.8 Å². The lowest BCUT2D eigenvalue weighted by Crippen LogP contribution is -2.01. The summed E-state index contributed by atoms with van der Waals surface area (Å²) in [5.74, 6) is 1.05. The average molecular weight is 326 g/mol. The van der Waals surface area contributed by atoms with Crippen molar-refractivity contribution in [1.82, 2.24) is 0 Å². The summed E-state index contributed by atoms with van der Waals surface area (Å²) in [4.78, 5) is 0. The van der Waals surface area contributed by atoms with E-state index in [4.69, 9.17) is 15.2 Å². The summed E-state index contributed by atoms with van der Waals surface area (Å²) < 4.78 is 24.4. The van der Waals surface area contributed by atoms with Gasteiger partial charge in [0.2, 0.25) is 0 Å². The molecule has 2 aromatic carbocycles. The standard InChI is InChI=1S/C14H13BrFNO2/c1-18-11-4-5-14(12(15)7-11)19-8-9-2-3-10(16)6-13(9)17/h2-7H,8,17H2,1H3. The molecule has 0 fully saturated rings. The van der Waals surface area contributed by atoms with E-state index < -0.39 is 0 Å². The lowest BCUT2D eigenvalue weighted by molar-refractivity contribution is 0.304. The Kier molecular flexibility index (Phi) is 4.27. The van der Waals surface area contributed by atoms with Crippen LogP contribution in [-0.2, 0) is 6.61 Å². The molecule has 0 aromatic heterocycles. The van der Waals surface area contributed by atoms with Gasteiger partial charge < -0.3 is 15.2 Å². The number of anilines is 1. The van der Waals surface area contributed by atoms with Crippen LogP contribution >= 0.6 is 15.9 Å². The predicted molar refractivity (Wildman–Crippen MR) is 75.8 cm³/mol. The zero-order chi connectivity index (χ0) is 13.8. The molecular weight excluding hydrogens is 313 g/mol. The molecule has 5 heteroatoms. The quantitative estimate of drug-likeness (QED) is 0.870. The fourth-order valence-electron chi connectivity index (χ4n) is 1.58. The van der Waals surface area contributed by atoms with Crippen molar-refractivity contribution >= 4 is 21.6 Å². The number of nitrogens with two attached hydrogens (primary N) is 1. The minimum absolute atomic E-state index is 0.275. The summed E-state index contributed by atoms with van der Waals surface area (Å²) >= 11 is 3.40. The van der Waals surface area contributed by atoms with Crippen molar-refractivity contribution in [3.8, 4) is 11.5 Å². The van der Waals surface area contributed by atoms with E-state index in [2.05, 4.69) is 15.9 Å². The van der Waals surface area contributed by atoms with Crippen molar-refractivity contribution in [1.29, 1.82) is 0 Å². The van der Waals surface area contributed by atoms with Crippen LogP contribution in [0.5, 0.6) is 11.5 Å². The first kappa shape index (κ1) is 13.7. The van der Waals surface area contributed by atoms with E-state index in [1.165, 1.54) is 12.1 Å². The van der Waals surface area contributed by atoms with Crippen LogP contribution < -0.4 is 15.2 Å². The molecule has 0 amide bonds. The third-order valence-corrected chi connectivity index (χ3v) is 3.25. The van der Waals surface area contributed by atoms with Crippen LogP contribution in [0.2, 0.25) is 0 Å². The molecule has 0 atom stereocenters. The highest BCUT2D eigenvalue weighted by Gasteiger charge is 2.06. The molecule has 0 saturated carbocycles. The molecule has 2 N–H and O–H groups in total. The van der Waals surface area contributed by atoms with Gasteiger partial charge in [-0.3, -0.25) is 0 Å². The van der Waals surface area contributed by atoms with Gasteiger partial charge in [0.05, 0.1) is 11.6 Å².